The lowest BCUT2D eigenvalue weighted by molar-refractivity contribution is -0.143. The smallest absolute Gasteiger partial charge is 0.332 e. The number of aromatic nitrogens is 4. The van der Waals surface area contributed by atoms with E-state index in [4.69, 9.17) is 15.3 Å². The van der Waals surface area contributed by atoms with E-state index in [0.717, 1.165) is 4.57 Å². The summed E-state index contributed by atoms with van der Waals surface area (Å²) in [5, 5.41) is 24.4. The maximum absolute atomic E-state index is 12.3. The molecule has 28 heavy (non-hydrogen) atoms. The van der Waals surface area contributed by atoms with Crippen LogP contribution in [0.15, 0.2) is 15.9 Å². The molecule has 2 heterocycles. The van der Waals surface area contributed by atoms with Crippen LogP contribution in [0.2, 0.25) is 0 Å². The van der Waals surface area contributed by atoms with E-state index >= 15 is 0 Å². The van der Waals surface area contributed by atoms with Gasteiger partial charge in [0.2, 0.25) is 0 Å². The fourth-order valence-corrected chi connectivity index (χ4v) is 2.35. The van der Waals surface area contributed by atoms with Gasteiger partial charge in [0, 0.05) is 27.1 Å². The molecule has 0 amide bonds. The van der Waals surface area contributed by atoms with Gasteiger partial charge in [0.25, 0.3) is 5.56 Å². The first-order chi connectivity index (χ1) is 13.1. The number of carbonyl (C=O) groups is 3. The van der Waals surface area contributed by atoms with Gasteiger partial charge in [-0.15, -0.1) is 0 Å². The van der Waals surface area contributed by atoms with E-state index in [1.165, 1.54) is 10.9 Å². The fraction of sp³-hybridized carbons (Fsp3) is 0.500. The molecule has 0 saturated carbocycles. The third-order valence-electron chi connectivity index (χ3n) is 3.78. The van der Waals surface area contributed by atoms with Gasteiger partial charge in [0.1, 0.15) is 0 Å². The number of rotatable bonds is 8. The summed E-state index contributed by atoms with van der Waals surface area (Å²) in [6, 6.07) is 0. The normalized spacial score (nSPS) is 10.4. The molecule has 0 unspecified atom stereocenters. The summed E-state index contributed by atoms with van der Waals surface area (Å²) < 4.78 is 4.03. The Kier molecular flexibility index (Phi) is 8.10. The van der Waals surface area contributed by atoms with Gasteiger partial charge in [0.15, 0.2) is 11.2 Å². The van der Waals surface area contributed by atoms with Crippen LogP contribution in [0, 0.1) is 0 Å². The maximum atomic E-state index is 12.3. The summed E-state index contributed by atoms with van der Waals surface area (Å²) in [7, 11) is 3.25. The van der Waals surface area contributed by atoms with Crippen molar-refractivity contribution in [3.05, 3.63) is 27.2 Å². The first-order valence-corrected chi connectivity index (χ1v) is 8.32. The van der Waals surface area contributed by atoms with Crippen LogP contribution in [0.3, 0.4) is 0 Å². The Labute approximate surface area is 158 Å². The molecule has 0 aliphatic rings. The number of hydrogen-bond acceptors (Lipinski definition) is 6. The minimum absolute atomic E-state index is 0.0308. The molecule has 2 aromatic rings. The van der Waals surface area contributed by atoms with E-state index in [0.29, 0.717) is 24.0 Å². The Balaban J connectivity index is 0.000000416. The highest BCUT2D eigenvalue weighted by Gasteiger charge is 2.14. The predicted molar refractivity (Wildman–Crippen MR) is 96.2 cm³/mol. The van der Waals surface area contributed by atoms with E-state index in [1.807, 2.05) is 0 Å². The van der Waals surface area contributed by atoms with Gasteiger partial charge in [-0.1, -0.05) is 0 Å². The first kappa shape index (κ1) is 22.6. The van der Waals surface area contributed by atoms with Gasteiger partial charge in [-0.25, -0.2) is 9.78 Å². The van der Waals surface area contributed by atoms with Crippen molar-refractivity contribution in [2.75, 3.05) is 0 Å². The lowest BCUT2D eigenvalue weighted by Gasteiger charge is -2.08. The van der Waals surface area contributed by atoms with Crippen molar-refractivity contribution in [1.82, 2.24) is 18.7 Å². The van der Waals surface area contributed by atoms with Crippen LogP contribution in [-0.4, -0.2) is 51.9 Å². The lowest BCUT2D eigenvalue weighted by atomic mass is 10.2. The molecule has 2 rings (SSSR count). The standard InChI is InChI=1S/C12H16N4O4.C4H6O4/c1-14-7-13-10-9(14)11(19)16(12(20)15(10)2)6-4-3-5-8(17)18;5-3(6)1-2-4(7)8/h7H,3-6H2,1-2H3,(H,17,18);1-2H2,(H,5,6)(H,7,8). The largest absolute Gasteiger partial charge is 0.481 e. The molecule has 3 N–H and O–H groups in total. The predicted octanol–water partition coefficient (Wildman–Crippen LogP) is -0.376. The van der Waals surface area contributed by atoms with Crippen molar-refractivity contribution in [2.45, 2.75) is 38.6 Å². The molecule has 0 aromatic carbocycles. The summed E-state index contributed by atoms with van der Waals surface area (Å²) in [5.41, 5.74) is -0.107. The summed E-state index contributed by atoms with van der Waals surface area (Å²) in [6.07, 6.45) is 1.81. The number of unbranched alkanes of at least 4 members (excludes halogenated alkanes) is 1. The average Bonchev–Trinajstić information content (AvgIpc) is 2.99. The molecule has 0 saturated heterocycles. The Morgan fingerprint density at radius 2 is 1.46 bits per heavy atom. The van der Waals surface area contributed by atoms with Gasteiger partial charge in [-0.3, -0.25) is 28.3 Å². The number of imidazole rings is 1. The average molecular weight is 398 g/mol. The SMILES string of the molecule is Cn1cnc2c1c(=O)n(CCCCC(=O)O)c(=O)n2C.O=C(O)CCC(=O)O. The third kappa shape index (κ3) is 6.07. The van der Waals surface area contributed by atoms with Crippen LogP contribution in [0.25, 0.3) is 11.2 Å². The fourth-order valence-electron chi connectivity index (χ4n) is 2.35. The first-order valence-electron chi connectivity index (χ1n) is 8.32. The van der Waals surface area contributed by atoms with Crippen molar-refractivity contribution in [2.24, 2.45) is 14.1 Å². The molecule has 0 atom stereocenters. The van der Waals surface area contributed by atoms with Gasteiger partial charge < -0.3 is 19.9 Å². The molecule has 154 valence electrons. The molecule has 0 spiro atoms. The molecule has 0 aliphatic heterocycles. The quantitative estimate of drug-likeness (QED) is 0.501. The van der Waals surface area contributed by atoms with Gasteiger partial charge in [0.05, 0.1) is 19.2 Å². The highest BCUT2D eigenvalue weighted by molar-refractivity contribution is 5.75. The van der Waals surface area contributed by atoms with E-state index in [9.17, 15) is 24.0 Å². The number of fused-ring (bicyclic) bond motifs is 1. The second-order valence-corrected chi connectivity index (χ2v) is 5.96. The Bertz CT molecular complexity index is 971. The van der Waals surface area contributed by atoms with Crippen LogP contribution in [-0.2, 0) is 35.0 Å². The van der Waals surface area contributed by atoms with Crippen molar-refractivity contribution < 1.29 is 29.7 Å². The maximum Gasteiger partial charge on any atom is 0.332 e. The molecule has 0 bridgehead atoms. The second-order valence-electron chi connectivity index (χ2n) is 5.96. The molecular weight excluding hydrogens is 376 g/mol. The van der Waals surface area contributed by atoms with Crippen molar-refractivity contribution in [3.8, 4) is 0 Å². The minimum Gasteiger partial charge on any atom is -0.481 e. The van der Waals surface area contributed by atoms with Gasteiger partial charge in [-0.2, -0.15) is 0 Å². The molecule has 0 aliphatic carbocycles. The Morgan fingerprint density at radius 3 is 1.96 bits per heavy atom. The van der Waals surface area contributed by atoms with Crippen LogP contribution in [0.5, 0.6) is 0 Å². The van der Waals surface area contributed by atoms with Crippen LogP contribution in [0.4, 0.5) is 0 Å². The Hall–Kier alpha value is -3.44. The number of nitrogens with zero attached hydrogens (tertiary/aromatic N) is 4. The molecular formula is C16H22N4O8. The Morgan fingerprint density at radius 1 is 0.929 bits per heavy atom. The van der Waals surface area contributed by atoms with Crippen LogP contribution in [0.1, 0.15) is 32.1 Å². The molecule has 12 nitrogen and oxygen atoms in total. The van der Waals surface area contributed by atoms with E-state index in [-0.39, 0.29) is 25.8 Å². The number of aryl methyl sites for hydroxylation is 2. The summed E-state index contributed by atoms with van der Waals surface area (Å²) in [4.78, 5) is 58.1. The number of hydrogen-bond donors (Lipinski definition) is 3. The molecule has 12 heteroatoms. The zero-order valence-corrected chi connectivity index (χ0v) is 15.5. The zero-order valence-electron chi connectivity index (χ0n) is 15.5. The summed E-state index contributed by atoms with van der Waals surface area (Å²) in [5.74, 6) is -3.04. The summed E-state index contributed by atoms with van der Waals surface area (Å²) in [6.45, 7) is 0.208. The monoisotopic (exact) mass is 398 g/mol. The van der Waals surface area contributed by atoms with Gasteiger partial charge in [-0.05, 0) is 12.8 Å². The summed E-state index contributed by atoms with van der Waals surface area (Å²) >= 11 is 0. The highest BCUT2D eigenvalue weighted by atomic mass is 16.4. The highest BCUT2D eigenvalue weighted by Crippen LogP contribution is 2.04. The minimum atomic E-state index is -1.08. The van der Waals surface area contributed by atoms with Gasteiger partial charge >= 0.3 is 23.6 Å². The van der Waals surface area contributed by atoms with Crippen molar-refractivity contribution in [1.29, 1.82) is 0 Å². The van der Waals surface area contributed by atoms with Crippen LogP contribution >= 0.6 is 0 Å². The molecule has 0 fully saturated rings. The van der Waals surface area contributed by atoms with E-state index in [1.54, 1.807) is 18.7 Å². The van der Waals surface area contributed by atoms with Crippen molar-refractivity contribution in [3.63, 3.8) is 0 Å². The third-order valence-corrected chi connectivity index (χ3v) is 3.78. The topological polar surface area (TPSA) is 174 Å². The number of aliphatic carboxylic acids is 3. The van der Waals surface area contributed by atoms with Crippen LogP contribution < -0.4 is 11.2 Å². The van der Waals surface area contributed by atoms with E-state index < -0.39 is 29.2 Å². The van der Waals surface area contributed by atoms with Crippen molar-refractivity contribution >= 4 is 29.1 Å². The molecule has 2 aromatic heterocycles. The second kappa shape index (κ2) is 10.0. The number of carboxylic acids is 3. The van der Waals surface area contributed by atoms with E-state index in [2.05, 4.69) is 4.98 Å². The number of carboxylic acid groups (broad SMARTS) is 3. The lowest BCUT2D eigenvalue weighted by Crippen LogP contribution is -2.39. The zero-order chi connectivity index (χ0) is 21.4. The molecule has 0 radical (unpaired) electrons.